The van der Waals surface area contributed by atoms with Crippen molar-refractivity contribution in [3.05, 3.63) is 126 Å². The van der Waals surface area contributed by atoms with Gasteiger partial charge in [0.2, 0.25) is 5.88 Å². The molecule has 360 valence electrons. The number of nitrogens with one attached hydrogen (secondary N) is 2. The number of aromatic nitrogens is 2. The minimum absolute atomic E-state index is 0.00283. The van der Waals surface area contributed by atoms with Gasteiger partial charge >= 0.3 is 12.1 Å². The predicted molar refractivity (Wildman–Crippen MR) is 274 cm³/mol. The number of ether oxygens (including phenoxy) is 4. The maximum atomic E-state index is 14.1. The van der Waals surface area contributed by atoms with Crippen LogP contribution >= 0.6 is 11.9 Å². The molecule has 1 aliphatic rings. The van der Waals surface area contributed by atoms with E-state index in [1.165, 1.54) is 0 Å². The zero-order valence-electron chi connectivity index (χ0n) is 41.1. The van der Waals surface area contributed by atoms with Gasteiger partial charge in [0.05, 0.1) is 35.7 Å². The number of nitrogens with zero attached hydrogens (tertiary/aromatic N) is 4. The lowest BCUT2D eigenvalue weighted by molar-refractivity contribution is 0.00148. The quantitative estimate of drug-likeness (QED) is 0.0396. The van der Waals surface area contributed by atoms with E-state index in [1.807, 2.05) is 94.4 Å². The van der Waals surface area contributed by atoms with E-state index < -0.39 is 46.3 Å². The van der Waals surface area contributed by atoms with Gasteiger partial charge in [-0.3, -0.25) is 4.72 Å². The highest BCUT2D eigenvalue weighted by Crippen LogP contribution is 2.39. The van der Waals surface area contributed by atoms with E-state index in [4.69, 9.17) is 33.3 Å². The van der Waals surface area contributed by atoms with Crippen molar-refractivity contribution < 1.29 is 33.0 Å². The minimum atomic E-state index is -3.05. The fourth-order valence-electron chi connectivity index (χ4n) is 8.15. The number of likely N-dealkylation sites (tertiary alicyclic amines) is 1. The van der Waals surface area contributed by atoms with Crippen LogP contribution in [-0.4, -0.2) is 87.6 Å². The maximum Gasteiger partial charge on any atom is 0.410 e. The third-order valence-corrected chi connectivity index (χ3v) is 18.8. The molecule has 1 aliphatic heterocycles. The van der Waals surface area contributed by atoms with Gasteiger partial charge < -0.3 is 33.6 Å². The molecule has 2 N–H and O–H groups in total. The predicted octanol–water partition coefficient (Wildman–Crippen LogP) is 9.85. The highest BCUT2D eigenvalue weighted by molar-refractivity contribution is 7.98. The Morgan fingerprint density at radius 2 is 1.51 bits per heavy atom. The SMILES string of the molecule is Cc1cc(C#N)cc(OCOCC[Si](C)(C)C)c1-c1cnc(OCc2ccccc2)c(SNC(=O)N[C@@H]2C[C@H](O[Si](c3ccccc3)(c3ccccc3)C(C)(C)C)CN(C(=O)OC(C)(C)C)C2)n1. The molecule has 0 radical (unpaired) electrons. The number of aryl methyl sites for hydroxylation is 1. The number of piperidine rings is 1. The van der Waals surface area contributed by atoms with Crippen LogP contribution in [0.1, 0.15) is 64.7 Å². The zero-order valence-corrected chi connectivity index (χ0v) is 43.9. The van der Waals surface area contributed by atoms with E-state index in [0.29, 0.717) is 40.6 Å². The lowest BCUT2D eigenvalue weighted by atomic mass is 10.0. The molecule has 1 aromatic heterocycles. The van der Waals surface area contributed by atoms with Gasteiger partial charge in [-0.2, -0.15) is 5.26 Å². The first-order chi connectivity index (χ1) is 32.2. The summed E-state index contributed by atoms with van der Waals surface area (Å²) in [5, 5.41) is 15.2. The first-order valence-electron chi connectivity index (χ1n) is 23.0. The van der Waals surface area contributed by atoms with Crippen molar-refractivity contribution >= 4 is 50.8 Å². The standard InChI is InChI=1S/C52H66N6O7SSi2/c1-37-28-39(31-53)29-45(63-36-61-26-27-67(8,9)10)46(37)44-32-54-47(62-35-38-20-14-11-15-21-38)48(56-44)66-57-49(59)55-40-30-41(34-58(33-40)50(60)64-51(2,3)4)65-68(52(5,6)7,42-22-16-12-17-23-42)43-24-18-13-19-25-43/h11-25,28-29,32,40-41H,26-27,30,33-36H2,1-10H3,(H2,55,57,59)/t40-,41+/m1/s1. The Kier molecular flexibility index (Phi) is 17.2. The van der Waals surface area contributed by atoms with Gasteiger partial charge in [-0.25, -0.2) is 19.6 Å². The molecule has 1 fully saturated rings. The molecule has 2 heterocycles. The van der Waals surface area contributed by atoms with Gasteiger partial charge in [-0.1, -0.05) is 131 Å². The van der Waals surface area contributed by atoms with Gasteiger partial charge in [-0.15, -0.1) is 0 Å². The highest BCUT2D eigenvalue weighted by Gasteiger charge is 2.52. The summed E-state index contributed by atoms with van der Waals surface area (Å²) in [5.41, 5.74) is 2.44. The van der Waals surface area contributed by atoms with E-state index >= 15 is 0 Å². The van der Waals surface area contributed by atoms with Crippen LogP contribution in [0.3, 0.4) is 0 Å². The summed E-state index contributed by atoms with van der Waals surface area (Å²) >= 11 is 0.953. The Bertz CT molecular complexity index is 2470. The molecule has 13 nitrogen and oxygen atoms in total. The van der Waals surface area contributed by atoms with Crippen molar-refractivity contribution in [2.75, 3.05) is 26.5 Å². The third-order valence-electron chi connectivity index (χ3n) is 11.3. The van der Waals surface area contributed by atoms with Crippen LogP contribution in [0.25, 0.3) is 11.3 Å². The minimum Gasteiger partial charge on any atom is -0.471 e. The second-order valence-electron chi connectivity index (χ2n) is 20.3. The van der Waals surface area contributed by atoms with E-state index in [-0.39, 0.29) is 37.4 Å². The first kappa shape index (κ1) is 51.7. The monoisotopic (exact) mass is 974 g/mol. The Balaban J connectivity index is 1.28. The van der Waals surface area contributed by atoms with E-state index in [0.717, 1.165) is 39.5 Å². The fraction of sp³-hybridized carbons (Fsp3) is 0.404. The molecule has 16 heteroatoms. The number of nitriles is 1. The molecule has 0 aliphatic carbocycles. The Labute approximate surface area is 408 Å². The third kappa shape index (κ3) is 13.9. The fourth-order valence-corrected chi connectivity index (χ4v) is 14.2. The average molecular weight is 975 g/mol. The summed E-state index contributed by atoms with van der Waals surface area (Å²) in [5.74, 6) is 0.629. The highest BCUT2D eigenvalue weighted by atomic mass is 32.2. The number of benzene rings is 4. The molecule has 68 heavy (non-hydrogen) atoms. The van der Waals surface area contributed by atoms with E-state index in [2.05, 4.69) is 80.8 Å². The molecule has 0 saturated carbocycles. The van der Waals surface area contributed by atoms with Crippen molar-refractivity contribution in [3.8, 4) is 29.0 Å². The number of amides is 3. The Morgan fingerprint density at radius 3 is 2.10 bits per heavy atom. The lowest BCUT2D eigenvalue weighted by Gasteiger charge is -2.48. The summed E-state index contributed by atoms with van der Waals surface area (Å²) in [6.45, 7) is 22.1. The molecule has 3 amide bonds. The van der Waals surface area contributed by atoms with Crippen LogP contribution in [0.15, 0.2) is 114 Å². The Hall–Kier alpha value is -5.71. The number of urea groups is 1. The van der Waals surface area contributed by atoms with Gasteiger partial charge in [0, 0.05) is 45.3 Å². The molecule has 0 bridgehead atoms. The van der Waals surface area contributed by atoms with Crippen molar-refractivity contribution in [3.63, 3.8) is 0 Å². The maximum absolute atomic E-state index is 14.1. The smallest absolute Gasteiger partial charge is 0.410 e. The van der Waals surface area contributed by atoms with Crippen molar-refractivity contribution in [2.45, 2.75) is 115 Å². The second kappa shape index (κ2) is 22.6. The molecule has 1 saturated heterocycles. The van der Waals surface area contributed by atoms with Crippen LogP contribution in [0.5, 0.6) is 11.6 Å². The van der Waals surface area contributed by atoms with Crippen LogP contribution in [0.4, 0.5) is 9.59 Å². The van der Waals surface area contributed by atoms with Crippen molar-refractivity contribution in [2.24, 2.45) is 0 Å². The number of hydrogen-bond acceptors (Lipinski definition) is 11. The number of carbonyl (C=O) groups excluding carboxylic acids is 2. The van der Waals surface area contributed by atoms with E-state index in [1.54, 1.807) is 23.2 Å². The molecule has 4 aromatic carbocycles. The molecule has 0 spiro atoms. The van der Waals surface area contributed by atoms with Crippen LogP contribution in [0, 0.1) is 18.3 Å². The van der Waals surface area contributed by atoms with Gasteiger partial charge in [-0.05, 0) is 78.8 Å². The van der Waals surface area contributed by atoms with E-state index in [9.17, 15) is 14.9 Å². The average Bonchev–Trinajstić information content (AvgIpc) is 3.28. The number of hydrogen-bond donors (Lipinski definition) is 2. The number of carbonyl (C=O) groups is 2. The second-order valence-corrected chi connectivity index (χ2v) is 31.0. The summed E-state index contributed by atoms with van der Waals surface area (Å²) in [7, 11) is -4.37. The molecular formula is C52H66N6O7SSi2. The topological polar surface area (TPSA) is 157 Å². The largest absolute Gasteiger partial charge is 0.471 e. The summed E-state index contributed by atoms with van der Waals surface area (Å²) in [6.07, 6.45) is 1.09. The van der Waals surface area contributed by atoms with Crippen molar-refractivity contribution in [1.29, 1.82) is 5.26 Å². The molecular weight excluding hydrogens is 909 g/mol. The number of rotatable bonds is 17. The van der Waals surface area contributed by atoms with Crippen molar-refractivity contribution in [1.82, 2.24) is 24.9 Å². The molecule has 6 rings (SSSR count). The Morgan fingerprint density at radius 1 is 0.882 bits per heavy atom. The summed E-state index contributed by atoms with van der Waals surface area (Å²) in [4.78, 5) is 39.2. The van der Waals surface area contributed by atoms with Gasteiger partial charge in [0.25, 0.3) is 8.32 Å². The van der Waals surface area contributed by atoms with Gasteiger partial charge in [0.1, 0.15) is 18.0 Å². The van der Waals surface area contributed by atoms with Crippen LogP contribution in [-0.2, 0) is 20.5 Å². The first-order valence-corrected chi connectivity index (χ1v) is 29.5. The van der Waals surface area contributed by atoms with Gasteiger partial charge in [0.15, 0.2) is 11.8 Å². The zero-order chi connectivity index (χ0) is 49.1. The molecule has 0 unspecified atom stereocenters. The molecule has 2 atom stereocenters. The summed E-state index contributed by atoms with van der Waals surface area (Å²) in [6, 6.07) is 36.0. The van der Waals surface area contributed by atoms with Crippen LogP contribution in [0.2, 0.25) is 30.7 Å². The normalized spacial score (nSPS) is 15.5. The summed E-state index contributed by atoms with van der Waals surface area (Å²) < 4.78 is 34.6. The molecule has 5 aromatic rings. The lowest BCUT2D eigenvalue weighted by Crippen LogP contribution is -2.69. The van der Waals surface area contributed by atoms with Crippen LogP contribution < -0.4 is 29.9 Å².